The molecule has 1 aromatic rings. The molecule has 0 unspecified atom stereocenters. The van der Waals surface area contributed by atoms with E-state index in [-0.39, 0.29) is 13.2 Å². The van der Waals surface area contributed by atoms with Crippen LogP contribution in [0.5, 0.6) is 0 Å². The van der Waals surface area contributed by atoms with E-state index in [4.69, 9.17) is 4.74 Å². The van der Waals surface area contributed by atoms with E-state index in [1.54, 1.807) is 0 Å². The Balaban J connectivity index is 2.56. The molecule has 0 spiro atoms. The van der Waals surface area contributed by atoms with Gasteiger partial charge in [0.2, 0.25) is 0 Å². The number of carboxylic acid groups (broad SMARTS) is 1. The fraction of sp³-hybridized carbons (Fsp3) is 0.462. The van der Waals surface area contributed by atoms with E-state index in [1.807, 2.05) is 32.9 Å². The van der Waals surface area contributed by atoms with Crippen LogP contribution in [-0.2, 0) is 14.9 Å². The third-order valence-corrected chi connectivity index (χ3v) is 3.68. The molecule has 86 valence electrons. The quantitative estimate of drug-likeness (QED) is 0.828. The van der Waals surface area contributed by atoms with Crippen LogP contribution >= 0.6 is 0 Å². The lowest BCUT2D eigenvalue weighted by molar-refractivity contribution is -0.163. The molecule has 16 heavy (non-hydrogen) atoms. The van der Waals surface area contributed by atoms with Gasteiger partial charge in [0.15, 0.2) is 0 Å². The van der Waals surface area contributed by atoms with Gasteiger partial charge in [-0.05, 0) is 43.0 Å². The Kier molecular flexibility index (Phi) is 2.50. The van der Waals surface area contributed by atoms with Gasteiger partial charge in [-0.1, -0.05) is 12.1 Å². The number of ether oxygens (including phenoxy) is 1. The van der Waals surface area contributed by atoms with E-state index in [0.717, 1.165) is 11.1 Å². The highest BCUT2D eigenvalue weighted by atomic mass is 16.5. The Hall–Kier alpha value is -1.35. The first kappa shape index (κ1) is 11.1. The standard InChI is InChI=1S/C13H16O3/c1-8-4-5-11(10(3)9(8)2)13(12(14)15)6-16-7-13/h4-5H,6-7H2,1-3H3,(H,14,15). The van der Waals surface area contributed by atoms with Crippen LogP contribution < -0.4 is 0 Å². The summed E-state index contributed by atoms with van der Waals surface area (Å²) in [5.41, 5.74) is 3.52. The third kappa shape index (κ3) is 1.35. The average molecular weight is 220 g/mol. The van der Waals surface area contributed by atoms with Gasteiger partial charge in [0.25, 0.3) is 0 Å². The molecule has 0 bridgehead atoms. The zero-order valence-corrected chi connectivity index (χ0v) is 9.83. The summed E-state index contributed by atoms with van der Waals surface area (Å²) in [5.74, 6) is -0.787. The maximum absolute atomic E-state index is 11.4. The van der Waals surface area contributed by atoms with Crippen molar-refractivity contribution in [1.29, 1.82) is 0 Å². The molecule has 1 fully saturated rings. The number of rotatable bonds is 2. The molecular weight excluding hydrogens is 204 g/mol. The van der Waals surface area contributed by atoms with Crippen LogP contribution in [0.2, 0.25) is 0 Å². The highest BCUT2D eigenvalue weighted by Gasteiger charge is 2.48. The fourth-order valence-corrected chi connectivity index (χ4v) is 2.17. The van der Waals surface area contributed by atoms with Crippen molar-refractivity contribution in [2.45, 2.75) is 26.2 Å². The van der Waals surface area contributed by atoms with Gasteiger partial charge in [-0.15, -0.1) is 0 Å². The molecule has 2 rings (SSSR count). The summed E-state index contributed by atoms with van der Waals surface area (Å²) in [7, 11) is 0. The van der Waals surface area contributed by atoms with Gasteiger partial charge in [-0.2, -0.15) is 0 Å². The van der Waals surface area contributed by atoms with Crippen molar-refractivity contribution in [2.24, 2.45) is 0 Å². The van der Waals surface area contributed by atoms with Crippen LogP contribution in [-0.4, -0.2) is 24.3 Å². The predicted molar refractivity (Wildman–Crippen MR) is 60.8 cm³/mol. The number of hydrogen-bond acceptors (Lipinski definition) is 2. The molecule has 1 aliphatic heterocycles. The van der Waals surface area contributed by atoms with Crippen molar-refractivity contribution in [2.75, 3.05) is 13.2 Å². The van der Waals surface area contributed by atoms with Crippen molar-refractivity contribution in [3.8, 4) is 0 Å². The molecule has 0 atom stereocenters. The first-order valence-electron chi connectivity index (χ1n) is 5.37. The second-order valence-corrected chi connectivity index (χ2v) is 4.56. The SMILES string of the molecule is Cc1ccc(C2(C(=O)O)COC2)c(C)c1C. The molecule has 0 saturated carbocycles. The molecule has 0 amide bonds. The Labute approximate surface area is 95.0 Å². The number of carbonyl (C=O) groups is 1. The first-order valence-corrected chi connectivity index (χ1v) is 5.37. The van der Waals surface area contributed by atoms with Crippen molar-refractivity contribution < 1.29 is 14.6 Å². The number of hydrogen-bond donors (Lipinski definition) is 1. The summed E-state index contributed by atoms with van der Waals surface area (Å²) in [6.07, 6.45) is 0. The molecule has 3 nitrogen and oxygen atoms in total. The van der Waals surface area contributed by atoms with Crippen LogP contribution in [0.15, 0.2) is 12.1 Å². The van der Waals surface area contributed by atoms with Crippen LogP contribution in [0, 0.1) is 20.8 Å². The number of aliphatic carboxylic acids is 1. The zero-order chi connectivity index (χ0) is 11.9. The Morgan fingerprint density at radius 1 is 1.25 bits per heavy atom. The lowest BCUT2D eigenvalue weighted by Crippen LogP contribution is -2.53. The van der Waals surface area contributed by atoms with E-state index >= 15 is 0 Å². The number of carboxylic acids is 1. The van der Waals surface area contributed by atoms with Gasteiger partial charge in [0.1, 0.15) is 5.41 Å². The summed E-state index contributed by atoms with van der Waals surface area (Å²) in [4.78, 5) is 11.4. The second-order valence-electron chi connectivity index (χ2n) is 4.56. The smallest absolute Gasteiger partial charge is 0.318 e. The van der Waals surface area contributed by atoms with E-state index in [2.05, 4.69) is 0 Å². The molecule has 1 saturated heterocycles. The van der Waals surface area contributed by atoms with Gasteiger partial charge in [0, 0.05) is 0 Å². The second kappa shape index (κ2) is 3.59. The van der Waals surface area contributed by atoms with E-state index in [1.165, 1.54) is 11.1 Å². The normalized spacial score (nSPS) is 17.9. The van der Waals surface area contributed by atoms with Crippen LogP contribution in [0.4, 0.5) is 0 Å². The average Bonchev–Trinajstić information content (AvgIpc) is 2.16. The Morgan fingerprint density at radius 2 is 1.88 bits per heavy atom. The van der Waals surface area contributed by atoms with Crippen LogP contribution in [0.3, 0.4) is 0 Å². The third-order valence-electron chi connectivity index (χ3n) is 3.68. The summed E-state index contributed by atoms with van der Waals surface area (Å²) in [6.45, 7) is 6.62. The number of aryl methyl sites for hydroxylation is 1. The monoisotopic (exact) mass is 220 g/mol. The molecular formula is C13H16O3. The Morgan fingerprint density at radius 3 is 2.31 bits per heavy atom. The molecule has 1 heterocycles. The molecule has 3 heteroatoms. The van der Waals surface area contributed by atoms with Crippen LogP contribution in [0.1, 0.15) is 22.3 Å². The van der Waals surface area contributed by atoms with E-state index < -0.39 is 11.4 Å². The van der Waals surface area contributed by atoms with Crippen molar-refractivity contribution in [3.63, 3.8) is 0 Å². The van der Waals surface area contributed by atoms with E-state index in [9.17, 15) is 9.90 Å². The highest BCUT2D eigenvalue weighted by Crippen LogP contribution is 2.36. The number of benzene rings is 1. The molecule has 1 aromatic carbocycles. The summed E-state index contributed by atoms with van der Waals surface area (Å²) in [5, 5.41) is 9.34. The fourth-order valence-electron chi connectivity index (χ4n) is 2.17. The van der Waals surface area contributed by atoms with Gasteiger partial charge in [-0.3, -0.25) is 4.79 Å². The summed E-state index contributed by atoms with van der Waals surface area (Å²) in [6, 6.07) is 3.91. The highest BCUT2D eigenvalue weighted by molar-refractivity contribution is 5.83. The maximum atomic E-state index is 11.4. The topological polar surface area (TPSA) is 46.5 Å². The largest absolute Gasteiger partial charge is 0.480 e. The molecule has 0 aliphatic carbocycles. The van der Waals surface area contributed by atoms with Crippen molar-refractivity contribution >= 4 is 5.97 Å². The van der Waals surface area contributed by atoms with Crippen molar-refractivity contribution in [3.05, 3.63) is 34.4 Å². The minimum Gasteiger partial charge on any atom is -0.480 e. The van der Waals surface area contributed by atoms with E-state index in [0.29, 0.717) is 0 Å². The summed E-state index contributed by atoms with van der Waals surface area (Å²) < 4.78 is 5.10. The molecule has 1 N–H and O–H groups in total. The molecule has 1 aliphatic rings. The van der Waals surface area contributed by atoms with Gasteiger partial charge in [0.05, 0.1) is 13.2 Å². The summed E-state index contributed by atoms with van der Waals surface area (Å²) >= 11 is 0. The van der Waals surface area contributed by atoms with Crippen LogP contribution in [0.25, 0.3) is 0 Å². The lowest BCUT2D eigenvalue weighted by Gasteiger charge is -2.39. The van der Waals surface area contributed by atoms with Gasteiger partial charge in [-0.25, -0.2) is 0 Å². The first-order chi connectivity index (χ1) is 7.49. The lowest BCUT2D eigenvalue weighted by atomic mass is 9.75. The predicted octanol–water partition coefficient (Wildman–Crippen LogP) is 1.96. The Bertz CT molecular complexity index is 445. The molecule has 0 radical (unpaired) electrons. The maximum Gasteiger partial charge on any atom is 0.318 e. The molecule has 0 aromatic heterocycles. The van der Waals surface area contributed by atoms with Gasteiger partial charge >= 0.3 is 5.97 Å². The zero-order valence-electron chi connectivity index (χ0n) is 9.83. The minimum atomic E-state index is -0.817. The van der Waals surface area contributed by atoms with Crippen molar-refractivity contribution in [1.82, 2.24) is 0 Å². The van der Waals surface area contributed by atoms with Gasteiger partial charge < -0.3 is 9.84 Å². The minimum absolute atomic E-state index is 0.283.